The Kier molecular flexibility index (Phi) is 3.34. The molecule has 76 valence electrons. The van der Waals surface area contributed by atoms with Gasteiger partial charge < -0.3 is 16.2 Å². The molecule has 0 amide bonds. The highest BCUT2D eigenvalue weighted by molar-refractivity contribution is 5.78. The van der Waals surface area contributed by atoms with Crippen molar-refractivity contribution in [3.05, 3.63) is 18.2 Å². The van der Waals surface area contributed by atoms with Crippen molar-refractivity contribution in [3.63, 3.8) is 0 Å². The summed E-state index contributed by atoms with van der Waals surface area (Å²) in [6.07, 6.45) is 1.13. The van der Waals surface area contributed by atoms with Crippen molar-refractivity contribution in [1.82, 2.24) is 0 Å². The summed E-state index contributed by atoms with van der Waals surface area (Å²) < 4.78 is 5.02. The van der Waals surface area contributed by atoms with Crippen molar-refractivity contribution in [3.8, 4) is 5.75 Å². The summed E-state index contributed by atoms with van der Waals surface area (Å²) in [6.45, 7) is 1.91. The molecular weight excluding hydrogens is 180 g/mol. The van der Waals surface area contributed by atoms with Crippen LogP contribution in [-0.2, 0) is 4.79 Å². The zero-order chi connectivity index (χ0) is 10.6. The Hall–Kier alpha value is -1.71. The zero-order valence-corrected chi connectivity index (χ0v) is 8.12. The summed E-state index contributed by atoms with van der Waals surface area (Å²) in [5.41, 5.74) is 11.9. The molecule has 4 heteroatoms. The van der Waals surface area contributed by atoms with Gasteiger partial charge in [0.05, 0.1) is 11.4 Å². The first-order chi connectivity index (χ1) is 6.65. The SMILES string of the molecule is CCCC(=O)Oc1cccc(N)c1N. The summed E-state index contributed by atoms with van der Waals surface area (Å²) in [7, 11) is 0. The molecule has 4 nitrogen and oxygen atoms in total. The minimum Gasteiger partial charge on any atom is -0.424 e. The number of benzene rings is 1. The lowest BCUT2D eigenvalue weighted by Crippen LogP contribution is -2.09. The second kappa shape index (κ2) is 4.50. The normalized spacial score (nSPS) is 9.79. The van der Waals surface area contributed by atoms with E-state index in [0.29, 0.717) is 23.5 Å². The number of rotatable bonds is 3. The Balaban J connectivity index is 2.76. The quantitative estimate of drug-likeness (QED) is 0.435. The molecule has 0 heterocycles. The lowest BCUT2D eigenvalue weighted by molar-refractivity contribution is -0.134. The Labute approximate surface area is 82.8 Å². The summed E-state index contributed by atoms with van der Waals surface area (Å²) in [5.74, 6) is 0.0493. The van der Waals surface area contributed by atoms with E-state index in [4.69, 9.17) is 16.2 Å². The predicted molar refractivity (Wildman–Crippen MR) is 55.8 cm³/mol. The molecule has 0 bridgehead atoms. The second-order valence-electron chi connectivity index (χ2n) is 2.98. The highest BCUT2D eigenvalue weighted by Gasteiger charge is 2.07. The minimum absolute atomic E-state index is 0.287. The molecule has 0 aliphatic carbocycles. The number of carbonyl (C=O) groups excluding carboxylic acids is 1. The van der Waals surface area contributed by atoms with Crippen LogP contribution in [0.4, 0.5) is 11.4 Å². The van der Waals surface area contributed by atoms with Gasteiger partial charge in [-0.1, -0.05) is 13.0 Å². The minimum atomic E-state index is -0.287. The number of hydrogen-bond donors (Lipinski definition) is 2. The summed E-state index contributed by atoms with van der Waals surface area (Å²) in [6, 6.07) is 4.98. The van der Waals surface area contributed by atoms with Gasteiger partial charge in [-0.3, -0.25) is 4.79 Å². The van der Waals surface area contributed by atoms with Gasteiger partial charge in [0.2, 0.25) is 0 Å². The summed E-state index contributed by atoms with van der Waals surface area (Å²) in [4.78, 5) is 11.2. The van der Waals surface area contributed by atoms with E-state index in [2.05, 4.69) is 0 Å². The molecule has 0 saturated heterocycles. The molecule has 0 atom stereocenters. The van der Waals surface area contributed by atoms with Crippen LogP contribution in [0.3, 0.4) is 0 Å². The molecule has 0 unspecified atom stereocenters. The largest absolute Gasteiger partial charge is 0.424 e. The van der Waals surface area contributed by atoms with Gasteiger partial charge in [0.1, 0.15) is 0 Å². The van der Waals surface area contributed by atoms with Gasteiger partial charge in [0.25, 0.3) is 0 Å². The third-order valence-electron chi connectivity index (χ3n) is 1.78. The molecule has 1 aromatic rings. The Bertz CT molecular complexity index is 337. The van der Waals surface area contributed by atoms with Gasteiger partial charge in [-0.25, -0.2) is 0 Å². The van der Waals surface area contributed by atoms with Crippen LogP contribution in [0.5, 0.6) is 5.75 Å². The monoisotopic (exact) mass is 194 g/mol. The van der Waals surface area contributed by atoms with Gasteiger partial charge in [-0.2, -0.15) is 0 Å². The van der Waals surface area contributed by atoms with E-state index in [1.165, 1.54) is 0 Å². The standard InChI is InChI=1S/C10H14N2O2/c1-2-4-9(13)14-8-6-3-5-7(11)10(8)12/h3,5-6H,2,4,11-12H2,1H3. The molecule has 0 fully saturated rings. The van der Waals surface area contributed by atoms with E-state index < -0.39 is 0 Å². The van der Waals surface area contributed by atoms with Crippen LogP contribution in [0.15, 0.2) is 18.2 Å². The number of anilines is 2. The molecule has 4 N–H and O–H groups in total. The van der Waals surface area contributed by atoms with Crippen LogP contribution in [0.25, 0.3) is 0 Å². The first-order valence-electron chi connectivity index (χ1n) is 4.49. The number of nitrogen functional groups attached to an aromatic ring is 2. The van der Waals surface area contributed by atoms with Crippen molar-refractivity contribution in [1.29, 1.82) is 0 Å². The summed E-state index contributed by atoms with van der Waals surface area (Å²) >= 11 is 0. The maximum Gasteiger partial charge on any atom is 0.311 e. The van der Waals surface area contributed by atoms with E-state index in [9.17, 15) is 4.79 Å². The predicted octanol–water partition coefficient (Wildman–Crippen LogP) is 1.56. The fourth-order valence-electron chi connectivity index (χ4n) is 1.03. The van der Waals surface area contributed by atoms with E-state index in [-0.39, 0.29) is 5.97 Å². The Morgan fingerprint density at radius 3 is 2.79 bits per heavy atom. The van der Waals surface area contributed by atoms with Crippen LogP contribution >= 0.6 is 0 Å². The van der Waals surface area contributed by atoms with Gasteiger partial charge in [0.15, 0.2) is 5.75 Å². The average Bonchev–Trinajstić information content (AvgIpc) is 2.13. The van der Waals surface area contributed by atoms with Crippen molar-refractivity contribution in [2.24, 2.45) is 0 Å². The molecular formula is C10H14N2O2. The zero-order valence-electron chi connectivity index (χ0n) is 8.12. The maximum absolute atomic E-state index is 11.2. The third kappa shape index (κ3) is 2.39. The highest BCUT2D eigenvalue weighted by atomic mass is 16.5. The maximum atomic E-state index is 11.2. The summed E-state index contributed by atoms with van der Waals surface area (Å²) in [5, 5.41) is 0. The molecule has 0 aromatic heterocycles. The topological polar surface area (TPSA) is 78.3 Å². The first kappa shape index (κ1) is 10.4. The van der Waals surface area contributed by atoms with E-state index in [1.54, 1.807) is 18.2 Å². The molecule has 1 aromatic carbocycles. The van der Waals surface area contributed by atoms with E-state index in [1.807, 2.05) is 6.92 Å². The molecule has 0 spiro atoms. The van der Waals surface area contributed by atoms with Crippen molar-refractivity contribution < 1.29 is 9.53 Å². The number of carbonyl (C=O) groups is 1. The van der Waals surface area contributed by atoms with Crippen LogP contribution in [0, 0.1) is 0 Å². The van der Waals surface area contributed by atoms with Crippen LogP contribution in [0.1, 0.15) is 19.8 Å². The molecule has 1 rings (SSSR count). The van der Waals surface area contributed by atoms with Crippen LogP contribution in [-0.4, -0.2) is 5.97 Å². The van der Waals surface area contributed by atoms with E-state index in [0.717, 1.165) is 6.42 Å². The van der Waals surface area contributed by atoms with Crippen molar-refractivity contribution in [2.75, 3.05) is 11.5 Å². The van der Waals surface area contributed by atoms with Crippen LogP contribution in [0.2, 0.25) is 0 Å². The lowest BCUT2D eigenvalue weighted by atomic mass is 10.2. The molecule has 0 radical (unpaired) electrons. The van der Waals surface area contributed by atoms with Crippen molar-refractivity contribution in [2.45, 2.75) is 19.8 Å². The second-order valence-corrected chi connectivity index (χ2v) is 2.98. The van der Waals surface area contributed by atoms with E-state index >= 15 is 0 Å². The lowest BCUT2D eigenvalue weighted by Gasteiger charge is -2.07. The van der Waals surface area contributed by atoms with Crippen molar-refractivity contribution >= 4 is 17.3 Å². The number of nitrogens with two attached hydrogens (primary N) is 2. The fourth-order valence-corrected chi connectivity index (χ4v) is 1.03. The number of para-hydroxylation sites is 1. The Morgan fingerprint density at radius 1 is 1.43 bits per heavy atom. The Morgan fingerprint density at radius 2 is 2.14 bits per heavy atom. The number of esters is 1. The molecule has 14 heavy (non-hydrogen) atoms. The van der Waals surface area contributed by atoms with Gasteiger partial charge in [-0.05, 0) is 18.6 Å². The first-order valence-corrected chi connectivity index (χ1v) is 4.49. The molecule has 0 saturated carbocycles. The molecule has 0 aliphatic heterocycles. The number of hydrogen-bond acceptors (Lipinski definition) is 4. The van der Waals surface area contributed by atoms with Gasteiger partial charge in [-0.15, -0.1) is 0 Å². The highest BCUT2D eigenvalue weighted by Crippen LogP contribution is 2.27. The number of ether oxygens (including phenoxy) is 1. The fraction of sp³-hybridized carbons (Fsp3) is 0.300. The van der Waals surface area contributed by atoms with Crippen LogP contribution < -0.4 is 16.2 Å². The molecule has 0 aliphatic rings. The van der Waals surface area contributed by atoms with Gasteiger partial charge >= 0.3 is 5.97 Å². The average molecular weight is 194 g/mol. The van der Waals surface area contributed by atoms with Gasteiger partial charge in [0, 0.05) is 6.42 Å². The third-order valence-corrected chi connectivity index (χ3v) is 1.78. The smallest absolute Gasteiger partial charge is 0.311 e.